The van der Waals surface area contributed by atoms with Crippen molar-refractivity contribution in [1.82, 2.24) is 0 Å². The predicted molar refractivity (Wildman–Crippen MR) is 81.1 cm³/mol. The molecule has 2 aromatic rings. The van der Waals surface area contributed by atoms with Crippen LogP contribution in [0.25, 0.3) is 0 Å². The number of carbonyl (C=O) groups is 2. The molecule has 0 radical (unpaired) electrons. The summed E-state index contributed by atoms with van der Waals surface area (Å²) in [5, 5.41) is 2.67. The third-order valence-corrected chi connectivity index (χ3v) is 2.78. The van der Waals surface area contributed by atoms with Gasteiger partial charge < -0.3 is 10.1 Å². The van der Waals surface area contributed by atoms with Crippen LogP contribution in [0, 0.1) is 0 Å². The van der Waals surface area contributed by atoms with Crippen LogP contribution in [0.4, 0.5) is 5.69 Å². The Kier molecular flexibility index (Phi) is 5.10. The van der Waals surface area contributed by atoms with Gasteiger partial charge in [-0.05, 0) is 24.6 Å². The second-order valence-electron chi connectivity index (χ2n) is 4.73. The van der Waals surface area contributed by atoms with Gasteiger partial charge in [-0.1, -0.05) is 36.4 Å². The van der Waals surface area contributed by atoms with Crippen LogP contribution in [0.2, 0.25) is 0 Å². The van der Waals surface area contributed by atoms with Gasteiger partial charge in [-0.3, -0.25) is 9.59 Å². The quantitative estimate of drug-likeness (QED) is 0.828. The van der Waals surface area contributed by atoms with E-state index in [1.54, 1.807) is 18.2 Å². The van der Waals surface area contributed by atoms with Crippen molar-refractivity contribution in [2.75, 3.05) is 5.32 Å². The van der Waals surface area contributed by atoms with Gasteiger partial charge in [0.05, 0.1) is 6.42 Å². The number of rotatable bonds is 6. The highest BCUT2D eigenvalue weighted by Gasteiger charge is 2.06. The van der Waals surface area contributed by atoms with Crippen molar-refractivity contribution in [3.8, 4) is 5.75 Å². The third-order valence-electron chi connectivity index (χ3n) is 2.78. The Morgan fingerprint density at radius 2 is 1.81 bits per heavy atom. The maximum atomic E-state index is 11.5. The van der Waals surface area contributed by atoms with Gasteiger partial charge in [0.1, 0.15) is 18.1 Å². The summed E-state index contributed by atoms with van der Waals surface area (Å²) in [5.41, 5.74) is 1.69. The summed E-state index contributed by atoms with van der Waals surface area (Å²) in [5.74, 6) is 0.186. The molecule has 1 N–H and O–H groups in total. The zero-order valence-corrected chi connectivity index (χ0v) is 11.8. The molecule has 4 nitrogen and oxygen atoms in total. The Morgan fingerprint density at radius 1 is 1.05 bits per heavy atom. The van der Waals surface area contributed by atoms with Crippen LogP contribution in [0.15, 0.2) is 54.6 Å². The maximum absolute atomic E-state index is 11.5. The average Bonchev–Trinajstić information content (AvgIpc) is 2.46. The molecule has 2 aromatic carbocycles. The molecule has 0 aliphatic rings. The van der Waals surface area contributed by atoms with E-state index in [2.05, 4.69) is 5.32 Å². The SMILES string of the molecule is CC(=O)CC(=O)Nc1cccc(OCc2ccccc2)c1. The van der Waals surface area contributed by atoms with E-state index in [9.17, 15) is 9.59 Å². The number of anilines is 1. The zero-order chi connectivity index (χ0) is 15.1. The number of ketones is 1. The van der Waals surface area contributed by atoms with Crippen LogP contribution < -0.4 is 10.1 Å². The van der Waals surface area contributed by atoms with E-state index in [-0.39, 0.29) is 18.1 Å². The minimum absolute atomic E-state index is 0.116. The molecular formula is C17H17NO3. The lowest BCUT2D eigenvalue weighted by molar-refractivity contribution is -0.124. The van der Waals surface area contributed by atoms with Gasteiger partial charge in [0.2, 0.25) is 5.91 Å². The summed E-state index contributed by atoms with van der Waals surface area (Å²) in [4.78, 5) is 22.4. The number of amides is 1. The van der Waals surface area contributed by atoms with E-state index in [0.717, 1.165) is 5.56 Å². The lowest BCUT2D eigenvalue weighted by Crippen LogP contribution is -2.14. The molecule has 0 saturated heterocycles. The second kappa shape index (κ2) is 7.24. The van der Waals surface area contributed by atoms with Gasteiger partial charge in [0.15, 0.2) is 0 Å². The van der Waals surface area contributed by atoms with Crippen molar-refractivity contribution in [3.63, 3.8) is 0 Å². The summed E-state index contributed by atoms with van der Waals surface area (Å²) in [6.07, 6.45) is -0.116. The standard InChI is InChI=1S/C17H17NO3/c1-13(19)10-17(20)18-15-8-5-9-16(11-15)21-12-14-6-3-2-4-7-14/h2-9,11H,10,12H2,1H3,(H,18,20). The average molecular weight is 283 g/mol. The fraction of sp³-hybridized carbons (Fsp3) is 0.176. The minimum atomic E-state index is -0.317. The third kappa shape index (κ3) is 5.10. The van der Waals surface area contributed by atoms with E-state index >= 15 is 0 Å². The van der Waals surface area contributed by atoms with E-state index in [4.69, 9.17) is 4.74 Å². The number of nitrogens with one attached hydrogen (secondary N) is 1. The van der Waals surface area contributed by atoms with Crippen LogP contribution >= 0.6 is 0 Å². The lowest BCUT2D eigenvalue weighted by Gasteiger charge is -2.09. The minimum Gasteiger partial charge on any atom is -0.489 e. The lowest BCUT2D eigenvalue weighted by atomic mass is 10.2. The van der Waals surface area contributed by atoms with E-state index < -0.39 is 0 Å². The fourth-order valence-electron chi connectivity index (χ4n) is 1.84. The number of hydrogen-bond acceptors (Lipinski definition) is 3. The van der Waals surface area contributed by atoms with Crippen LogP contribution in [0.1, 0.15) is 18.9 Å². The van der Waals surface area contributed by atoms with Gasteiger partial charge in [-0.2, -0.15) is 0 Å². The highest BCUT2D eigenvalue weighted by molar-refractivity contribution is 6.03. The summed E-state index contributed by atoms with van der Waals surface area (Å²) in [6, 6.07) is 16.9. The van der Waals surface area contributed by atoms with Crippen LogP contribution in [0.5, 0.6) is 5.75 Å². The molecule has 0 fully saturated rings. The van der Waals surface area contributed by atoms with Gasteiger partial charge in [0, 0.05) is 11.8 Å². The normalized spacial score (nSPS) is 9.95. The highest BCUT2D eigenvalue weighted by Crippen LogP contribution is 2.18. The van der Waals surface area contributed by atoms with Gasteiger partial charge in [-0.25, -0.2) is 0 Å². The number of ether oxygens (including phenoxy) is 1. The van der Waals surface area contributed by atoms with E-state index in [0.29, 0.717) is 18.0 Å². The fourth-order valence-corrected chi connectivity index (χ4v) is 1.84. The molecule has 0 aliphatic heterocycles. The van der Waals surface area contributed by atoms with Gasteiger partial charge >= 0.3 is 0 Å². The smallest absolute Gasteiger partial charge is 0.231 e. The predicted octanol–water partition coefficient (Wildman–Crippen LogP) is 3.18. The number of hydrogen-bond donors (Lipinski definition) is 1. The summed E-state index contributed by atoms with van der Waals surface area (Å²) in [7, 11) is 0. The summed E-state index contributed by atoms with van der Waals surface area (Å²) in [6.45, 7) is 1.85. The summed E-state index contributed by atoms with van der Waals surface area (Å²) < 4.78 is 5.68. The van der Waals surface area contributed by atoms with Gasteiger partial charge in [-0.15, -0.1) is 0 Å². The van der Waals surface area contributed by atoms with Crippen molar-refractivity contribution >= 4 is 17.4 Å². The van der Waals surface area contributed by atoms with Crippen LogP contribution in [-0.4, -0.2) is 11.7 Å². The maximum Gasteiger partial charge on any atom is 0.231 e. The molecule has 0 bridgehead atoms. The first-order chi connectivity index (χ1) is 10.1. The number of benzene rings is 2. The Balaban J connectivity index is 1.94. The molecular weight excluding hydrogens is 266 g/mol. The first kappa shape index (κ1) is 14.8. The monoisotopic (exact) mass is 283 g/mol. The Morgan fingerprint density at radius 3 is 2.52 bits per heavy atom. The molecule has 1 amide bonds. The first-order valence-corrected chi connectivity index (χ1v) is 6.69. The largest absolute Gasteiger partial charge is 0.489 e. The van der Waals surface area contributed by atoms with Gasteiger partial charge in [0.25, 0.3) is 0 Å². The zero-order valence-electron chi connectivity index (χ0n) is 11.8. The van der Waals surface area contributed by atoms with Crippen molar-refractivity contribution in [3.05, 3.63) is 60.2 Å². The van der Waals surface area contributed by atoms with Crippen molar-refractivity contribution < 1.29 is 14.3 Å². The van der Waals surface area contributed by atoms with Crippen molar-refractivity contribution in [1.29, 1.82) is 0 Å². The Hall–Kier alpha value is -2.62. The molecule has 0 heterocycles. The molecule has 4 heteroatoms. The topological polar surface area (TPSA) is 55.4 Å². The Bertz CT molecular complexity index is 623. The van der Waals surface area contributed by atoms with Crippen molar-refractivity contribution in [2.45, 2.75) is 20.0 Å². The second-order valence-corrected chi connectivity index (χ2v) is 4.73. The molecule has 0 atom stereocenters. The van der Waals surface area contributed by atoms with E-state index in [1.165, 1.54) is 6.92 Å². The van der Waals surface area contributed by atoms with Crippen LogP contribution in [0.3, 0.4) is 0 Å². The first-order valence-electron chi connectivity index (χ1n) is 6.69. The highest BCUT2D eigenvalue weighted by atomic mass is 16.5. The van der Waals surface area contributed by atoms with Crippen molar-refractivity contribution in [2.24, 2.45) is 0 Å². The number of Topliss-reactive ketones (excluding diaryl/α,β-unsaturated/α-hetero) is 1. The summed E-state index contributed by atoms with van der Waals surface area (Å²) >= 11 is 0. The molecule has 2 rings (SSSR count). The van der Waals surface area contributed by atoms with E-state index in [1.807, 2.05) is 36.4 Å². The molecule has 21 heavy (non-hydrogen) atoms. The molecule has 0 aromatic heterocycles. The molecule has 0 saturated carbocycles. The number of carbonyl (C=O) groups excluding carboxylic acids is 2. The molecule has 108 valence electrons. The molecule has 0 unspecified atom stereocenters. The van der Waals surface area contributed by atoms with Crippen LogP contribution in [-0.2, 0) is 16.2 Å². The Labute approximate surface area is 123 Å². The molecule has 0 spiro atoms. The molecule has 0 aliphatic carbocycles.